The van der Waals surface area contributed by atoms with Crippen LogP contribution in [0.1, 0.15) is 37.0 Å². The lowest BCUT2D eigenvalue weighted by Crippen LogP contribution is -2.39. The molecule has 20 heavy (non-hydrogen) atoms. The summed E-state index contributed by atoms with van der Waals surface area (Å²) in [5.74, 6) is -0.00934. The Hall–Kier alpha value is -1.39. The molecule has 0 heterocycles. The van der Waals surface area contributed by atoms with Gasteiger partial charge in [-0.05, 0) is 31.9 Å². The molecule has 1 fully saturated rings. The zero-order valence-corrected chi connectivity index (χ0v) is 12.3. The highest BCUT2D eigenvalue weighted by atomic mass is 16.3. The largest absolute Gasteiger partial charge is 0.387 e. The van der Waals surface area contributed by atoms with Crippen LogP contribution in [0.15, 0.2) is 24.3 Å². The monoisotopic (exact) mass is 276 g/mol. The molecule has 1 saturated carbocycles. The second-order valence-corrected chi connectivity index (χ2v) is 5.52. The summed E-state index contributed by atoms with van der Waals surface area (Å²) in [6, 6.07) is 8.31. The van der Waals surface area contributed by atoms with Gasteiger partial charge in [-0.3, -0.25) is 9.69 Å². The van der Waals surface area contributed by atoms with Crippen molar-refractivity contribution in [2.24, 2.45) is 0 Å². The Bertz CT molecular complexity index is 440. The second-order valence-electron chi connectivity index (χ2n) is 5.52. The molecule has 1 atom stereocenters. The van der Waals surface area contributed by atoms with Crippen LogP contribution in [-0.2, 0) is 4.79 Å². The molecule has 1 aromatic rings. The summed E-state index contributed by atoms with van der Waals surface area (Å²) in [7, 11) is 0. The molecule has 1 amide bonds. The highest BCUT2D eigenvalue weighted by Gasteiger charge is 2.28. The number of aliphatic hydroxyl groups excluding tert-OH is 1. The molecule has 1 aliphatic carbocycles. The first-order valence-electron chi connectivity index (χ1n) is 7.35. The van der Waals surface area contributed by atoms with Gasteiger partial charge in [0.1, 0.15) is 0 Å². The minimum absolute atomic E-state index is 0.00934. The number of aliphatic hydroxyl groups is 1. The quantitative estimate of drug-likeness (QED) is 0.796. The molecule has 2 N–H and O–H groups in total. The van der Waals surface area contributed by atoms with Crippen molar-refractivity contribution in [1.82, 2.24) is 10.2 Å². The van der Waals surface area contributed by atoms with Crippen LogP contribution in [0, 0.1) is 6.92 Å². The smallest absolute Gasteiger partial charge is 0.234 e. The summed E-state index contributed by atoms with van der Waals surface area (Å²) in [5.41, 5.74) is 2.00. The number of hydrogen-bond acceptors (Lipinski definition) is 3. The van der Waals surface area contributed by atoms with E-state index in [-0.39, 0.29) is 12.5 Å². The highest BCUT2D eigenvalue weighted by molar-refractivity contribution is 5.78. The van der Waals surface area contributed by atoms with Crippen molar-refractivity contribution >= 4 is 5.91 Å². The molecular formula is C16H24N2O2. The van der Waals surface area contributed by atoms with E-state index in [4.69, 9.17) is 0 Å². The minimum Gasteiger partial charge on any atom is -0.387 e. The lowest BCUT2D eigenvalue weighted by atomic mass is 10.1. The Balaban J connectivity index is 1.76. The standard InChI is InChI=1S/C16H24N2O2/c1-3-18(14-8-9-14)11-16(20)17-10-15(19)13-6-4-12(2)5-7-13/h4-7,14-15,19H,3,8-11H2,1-2H3,(H,17,20). The van der Waals surface area contributed by atoms with Crippen LogP contribution >= 0.6 is 0 Å². The van der Waals surface area contributed by atoms with Gasteiger partial charge in [0.2, 0.25) is 5.91 Å². The van der Waals surface area contributed by atoms with Crippen LogP contribution in [0.5, 0.6) is 0 Å². The highest BCUT2D eigenvalue weighted by Crippen LogP contribution is 2.25. The zero-order chi connectivity index (χ0) is 14.5. The average molecular weight is 276 g/mol. The third-order valence-electron chi connectivity index (χ3n) is 3.77. The van der Waals surface area contributed by atoms with E-state index >= 15 is 0 Å². The number of benzene rings is 1. The Labute approximate surface area is 120 Å². The van der Waals surface area contributed by atoms with Crippen molar-refractivity contribution in [3.8, 4) is 0 Å². The van der Waals surface area contributed by atoms with Gasteiger partial charge < -0.3 is 10.4 Å². The fourth-order valence-electron chi connectivity index (χ4n) is 2.30. The Morgan fingerprint density at radius 2 is 2.05 bits per heavy atom. The first kappa shape index (κ1) is 15.0. The number of carbonyl (C=O) groups excluding carboxylic acids is 1. The van der Waals surface area contributed by atoms with Gasteiger partial charge in [-0.25, -0.2) is 0 Å². The summed E-state index contributed by atoms with van der Waals surface area (Å²) >= 11 is 0. The third-order valence-corrected chi connectivity index (χ3v) is 3.77. The molecule has 0 spiro atoms. The minimum atomic E-state index is -0.643. The van der Waals surface area contributed by atoms with E-state index in [1.807, 2.05) is 31.2 Å². The van der Waals surface area contributed by atoms with Gasteiger partial charge in [-0.15, -0.1) is 0 Å². The topological polar surface area (TPSA) is 52.6 Å². The maximum Gasteiger partial charge on any atom is 0.234 e. The molecule has 0 aliphatic heterocycles. The number of nitrogens with zero attached hydrogens (tertiary/aromatic N) is 1. The third kappa shape index (κ3) is 4.32. The normalized spacial score (nSPS) is 16.2. The number of likely N-dealkylation sites (N-methyl/N-ethyl adjacent to an activating group) is 1. The molecule has 2 rings (SSSR count). The second kappa shape index (κ2) is 6.86. The molecule has 0 bridgehead atoms. The fraction of sp³-hybridized carbons (Fsp3) is 0.562. The van der Waals surface area contributed by atoms with Gasteiger partial charge in [-0.1, -0.05) is 36.8 Å². The molecule has 1 aromatic carbocycles. The number of amides is 1. The molecule has 0 radical (unpaired) electrons. The first-order chi connectivity index (χ1) is 9.60. The maximum atomic E-state index is 11.9. The van der Waals surface area contributed by atoms with E-state index in [0.29, 0.717) is 12.6 Å². The van der Waals surface area contributed by atoms with Crippen molar-refractivity contribution in [2.45, 2.75) is 38.8 Å². The number of carbonyl (C=O) groups is 1. The number of hydrogen-bond donors (Lipinski definition) is 2. The van der Waals surface area contributed by atoms with Gasteiger partial charge in [-0.2, -0.15) is 0 Å². The van der Waals surface area contributed by atoms with Gasteiger partial charge in [0.15, 0.2) is 0 Å². The number of nitrogens with one attached hydrogen (secondary N) is 1. The molecule has 0 saturated heterocycles. The molecule has 0 aromatic heterocycles. The maximum absolute atomic E-state index is 11.9. The summed E-state index contributed by atoms with van der Waals surface area (Å²) in [6.07, 6.45) is 1.76. The van der Waals surface area contributed by atoms with Gasteiger partial charge >= 0.3 is 0 Å². The number of rotatable bonds is 7. The van der Waals surface area contributed by atoms with Crippen molar-refractivity contribution in [3.05, 3.63) is 35.4 Å². The van der Waals surface area contributed by atoms with Crippen molar-refractivity contribution in [3.63, 3.8) is 0 Å². The summed E-state index contributed by atoms with van der Waals surface area (Å²) in [4.78, 5) is 14.1. The van der Waals surface area contributed by atoms with E-state index < -0.39 is 6.10 Å². The van der Waals surface area contributed by atoms with Crippen LogP contribution in [0.25, 0.3) is 0 Å². The van der Waals surface area contributed by atoms with Gasteiger partial charge in [0.25, 0.3) is 0 Å². The lowest BCUT2D eigenvalue weighted by Gasteiger charge is -2.20. The SMILES string of the molecule is CCN(CC(=O)NCC(O)c1ccc(C)cc1)C1CC1. The fourth-order valence-corrected chi connectivity index (χ4v) is 2.30. The van der Waals surface area contributed by atoms with Crippen molar-refractivity contribution < 1.29 is 9.90 Å². The zero-order valence-electron chi connectivity index (χ0n) is 12.3. The van der Waals surface area contributed by atoms with E-state index in [2.05, 4.69) is 17.1 Å². The van der Waals surface area contributed by atoms with Crippen molar-refractivity contribution in [2.75, 3.05) is 19.6 Å². The summed E-state index contributed by atoms with van der Waals surface area (Å²) in [5, 5.41) is 12.9. The Kier molecular flexibility index (Phi) is 5.15. The van der Waals surface area contributed by atoms with Crippen LogP contribution in [0.3, 0.4) is 0 Å². The predicted molar refractivity (Wildman–Crippen MR) is 79.4 cm³/mol. The van der Waals surface area contributed by atoms with E-state index in [1.165, 1.54) is 12.8 Å². The Morgan fingerprint density at radius 3 is 2.60 bits per heavy atom. The van der Waals surface area contributed by atoms with Crippen LogP contribution in [-0.4, -0.2) is 41.6 Å². The summed E-state index contributed by atoms with van der Waals surface area (Å²) < 4.78 is 0. The molecule has 4 nitrogen and oxygen atoms in total. The van der Waals surface area contributed by atoms with Crippen LogP contribution in [0.2, 0.25) is 0 Å². The predicted octanol–water partition coefficient (Wildman–Crippen LogP) is 1.63. The average Bonchev–Trinajstić information content (AvgIpc) is 3.27. The van der Waals surface area contributed by atoms with Gasteiger partial charge in [0, 0.05) is 12.6 Å². The molecule has 1 aliphatic rings. The first-order valence-corrected chi connectivity index (χ1v) is 7.35. The molecule has 110 valence electrons. The summed E-state index contributed by atoms with van der Waals surface area (Å²) in [6.45, 7) is 5.69. The van der Waals surface area contributed by atoms with E-state index in [9.17, 15) is 9.90 Å². The number of aryl methyl sites for hydroxylation is 1. The van der Waals surface area contributed by atoms with E-state index in [0.717, 1.165) is 17.7 Å². The van der Waals surface area contributed by atoms with Gasteiger partial charge in [0.05, 0.1) is 12.6 Å². The molecule has 1 unspecified atom stereocenters. The molecular weight excluding hydrogens is 252 g/mol. The van der Waals surface area contributed by atoms with E-state index in [1.54, 1.807) is 0 Å². The van der Waals surface area contributed by atoms with Crippen molar-refractivity contribution in [1.29, 1.82) is 0 Å². The molecule has 4 heteroatoms. The Morgan fingerprint density at radius 1 is 1.40 bits per heavy atom. The van der Waals surface area contributed by atoms with Crippen LogP contribution in [0.4, 0.5) is 0 Å². The lowest BCUT2D eigenvalue weighted by molar-refractivity contribution is -0.122. The van der Waals surface area contributed by atoms with Crippen LogP contribution < -0.4 is 5.32 Å².